The van der Waals surface area contributed by atoms with E-state index >= 15 is 0 Å². The number of ether oxygens (including phenoxy) is 1. The zero-order chi connectivity index (χ0) is 15.3. The number of para-hydroxylation sites is 1. The highest BCUT2D eigenvalue weighted by Crippen LogP contribution is 2.26. The van der Waals surface area contributed by atoms with Crippen molar-refractivity contribution in [3.8, 4) is 5.75 Å². The first-order chi connectivity index (χ1) is 10.0. The van der Waals surface area contributed by atoms with E-state index in [2.05, 4.69) is 5.32 Å². The van der Waals surface area contributed by atoms with Crippen molar-refractivity contribution in [2.24, 2.45) is 0 Å². The van der Waals surface area contributed by atoms with Gasteiger partial charge in [0.2, 0.25) is 0 Å². The Labute approximate surface area is 124 Å². The van der Waals surface area contributed by atoms with Gasteiger partial charge in [-0.25, -0.2) is 4.39 Å². The van der Waals surface area contributed by atoms with Crippen LogP contribution in [0.5, 0.6) is 5.75 Å². The molecule has 0 aromatic heterocycles. The molecule has 1 unspecified atom stereocenters. The lowest BCUT2D eigenvalue weighted by Gasteiger charge is -2.25. The second-order valence-electron chi connectivity index (χ2n) is 5.19. The average molecular weight is 289 g/mol. The van der Waals surface area contributed by atoms with Gasteiger partial charge in [-0.15, -0.1) is 0 Å². The summed E-state index contributed by atoms with van der Waals surface area (Å²) >= 11 is 0. The predicted molar refractivity (Wildman–Crippen MR) is 80.7 cm³/mol. The maximum absolute atomic E-state index is 13.9. The van der Waals surface area contributed by atoms with Gasteiger partial charge in [0, 0.05) is 12.1 Å². The van der Waals surface area contributed by atoms with Crippen LogP contribution in [0.2, 0.25) is 0 Å². The Bertz CT molecular complexity index is 585. The highest BCUT2D eigenvalue weighted by molar-refractivity contribution is 5.35. The molecule has 21 heavy (non-hydrogen) atoms. The normalized spacial score (nSPS) is 13.7. The minimum absolute atomic E-state index is 0.0192. The van der Waals surface area contributed by atoms with Gasteiger partial charge in [-0.05, 0) is 25.6 Å². The van der Waals surface area contributed by atoms with Crippen LogP contribution in [0, 0.1) is 5.82 Å². The second kappa shape index (κ2) is 6.70. The average Bonchev–Trinajstić information content (AvgIpc) is 2.48. The molecule has 0 spiro atoms. The molecule has 0 amide bonds. The van der Waals surface area contributed by atoms with E-state index in [0.717, 1.165) is 11.1 Å². The molecule has 2 rings (SSSR count). The lowest BCUT2D eigenvalue weighted by molar-refractivity contribution is 0.00609. The fourth-order valence-electron chi connectivity index (χ4n) is 2.14. The second-order valence-corrected chi connectivity index (χ2v) is 5.19. The Morgan fingerprint density at radius 2 is 1.86 bits per heavy atom. The minimum Gasteiger partial charge on any atom is -0.487 e. The number of benzene rings is 2. The SMILES string of the molecule is CNCc1cccc(F)c1OCC(C)(O)c1ccccc1. The van der Waals surface area contributed by atoms with E-state index in [4.69, 9.17) is 4.74 Å². The fourth-order valence-corrected chi connectivity index (χ4v) is 2.14. The first-order valence-electron chi connectivity index (χ1n) is 6.87. The molecule has 3 nitrogen and oxygen atoms in total. The number of aliphatic hydroxyl groups is 1. The Balaban J connectivity index is 2.16. The van der Waals surface area contributed by atoms with Gasteiger partial charge < -0.3 is 15.2 Å². The number of halogens is 1. The van der Waals surface area contributed by atoms with Gasteiger partial charge in [0.1, 0.15) is 12.2 Å². The van der Waals surface area contributed by atoms with Gasteiger partial charge in [-0.3, -0.25) is 0 Å². The van der Waals surface area contributed by atoms with Gasteiger partial charge in [-0.2, -0.15) is 0 Å². The lowest BCUT2D eigenvalue weighted by atomic mass is 9.97. The zero-order valence-electron chi connectivity index (χ0n) is 12.3. The zero-order valence-corrected chi connectivity index (χ0v) is 12.3. The molecule has 0 bridgehead atoms. The Hall–Kier alpha value is -1.91. The maximum Gasteiger partial charge on any atom is 0.165 e. The van der Waals surface area contributed by atoms with Crippen LogP contribution < -0.4 is 10.1 Å². The number of hydrogen-bond acceptors (Lipinski definition) is 3. The highest BCUT2D eigenvalue weighted by atomic mass is 19.1. The third-order valence-corrected chi connectivity index (χ3v) is 3.31. The van der Waals surface area contributed by atoms with Gasteiger partial charge >= 0.3 is 0 Å². The molecular formula is C17H20FNO2. The molecule has 2 aromatic carbocycles. The molecule has 0 radical (unpaired) electrons. The van der Waals surface area contributed by atoms with Crippen molar-refractivity contribution in [1.29, 1.82) is 0 Å². The van der Waals surface area contributed by atoms with Gasteiger partial charge in [0.15, 0.2) is 11.6 Å². The van der Waals surface area contributed by atoms with Crippen LogP contribution in [-0.4, -0.2) is 18.8 Å². The summed E-state index contributed by atoms with van der Waals surface area (Å²) in [6, 6.07) is 14.0. The molecule has 2 N–H and O–H groups in total. The lowest BCUT2D eigenvalue weighted by Crippen LogP contribution is -2.30. The molecule has 0 aliphatic carbocycles. The Morgan fingerprint density at radius 1 is 1.14 bits per heavy atom. The minimum atomic E-state index is -1.18. The van der Waals surface area contributed by atoms with Gasteiger partial charge in [0.05, 0.1) is 0 Å². The summed E-state index contributed by atoms with van der Waals surface area (Å²) < 4.78 is 19.5. The van der Waals surface area contributed by atoms with Crippen molar-refractivity contribution in [3.05, 3.63) is 65.5 Å². The van der Waals surface area contributed by atoms with E-state index in [1.807, 2.05) is 30.3 Å². The van der Waals surface area contributed by atoms with Crippen molar-refractivity contribution in [3.63, 3.8) is 0 Å². The van der Waals surface area contributed by atoms with Crippen molar-refractivity contribution in [1.82, 2.24) is 5.32 Å². The standard InChI is InChI=1S/C17H20FNO2/c1-17(20,14-8-4-3-5-9-14)12-21-16-13(11-19-2)7-6-10-15(16)18/h3-10,19-20H,11-12H2,1-2H3. The molecule has 2 aromatic rings. The smallest absolute Gasteiger partial charge is 0.165 e. The van der Waals surface area contributed by atoms with E-state index in [1.54, 1.807) is 26.1 Å². The Morgan fingerprint density at radius 3 is 2.52 bits per heavy atom. The van der Waals surface area contributed by atoms with Crippen LogP contribution in [0.3, 0.4) is 0 Å². The van der Waals surface area contributed by atoms with E-state index < -0.39 is 11.4 Å². The molecule has 1 atom stereocenters. The fraction of sp³-hybridized carbons (Fsp3) is 0.294. The summed E-state index contributed by atoms with van der Waals surface area (Å²) in [6.45, 7) is 2.14. The molecule has 0 saturated carbocycles. The first-order valence-corrected chi connectivity index (χ1v) is 6.87. The van der Waals surface area contributed by atoms with Crippen LogP contribution >= 0.6 is 0 Å². The van der Waals surface area contributed by atoms with Crippen LogP contribution in [0.4, 0.5) is 4.39 Å². The van der Waals surface area contributed by atoms with Crippen molar-refractivity contribution in [2.75, 3.05) is 13.7 Å². The molecule has 112 valence electrons. The molecule has 0 saturated heterocycles. The number of hydrogen-bond donors (Lipinski definition) is 2. The van der Waals surface area contributed by atoms with Crippen LogP contribution in [-0.2, 0) is 12.1 Å². The molecule has 0 aliphatic rings. The summed E-state index contributed by atoms with van der Waals surface area (Å²) in [7, 11) is 1.79. The third-order valence-electron chi connectivity index (χ3n) is 3.31. The molecule has 0 aliphatic heterocycles. The van der Waals surface area contributed by atoms with Crippen molar-refractivity contribution < 1.29 is 14.2 Å². The summed E-state index contributed by atoms with van der Waals surface area (Å²) in [4.78, 5) is 0. The van der Waals surface area contributed by atoms with Crippen molar-refractivity contribution in [2.45, 2.75) is 19.1 Å². The van der Waals surface area contributed by atoms with E-state index in [9.17, 15) is 9.50 Å². The third kappa shape index (κ3) is 3.80. The first kappa shape index (κ1) is 15.5. The van der Waals surface area contributed by atoms with E-state index in [0.29, 0.717) is 6.54 Å². The Kier molecular flexibility index (Phi) is 4.94. The molecule has 4 heteroatoms. The van der Waals surface area contributed by atoms with E-state index in [-0.39, 0.29) is 12.4 Å². The van der Waals surface area contributed by atoms with Gasteiger partial charge in [-0.1, -0.05) is 42.5 Å². The summed E-state index contributed by atoms with van der Waals surface area (Å²) in [5.41, 5.74) is 0.276. The topological polar surface area (TPSA) is 41.5 Å². The molecule has 0 fully saturated rings. The van der Waals surface area contributed by atoms with Gasteiger partial charge in [0.25, 0.3) is 0 Å². The summed E-state index contributed by atoms with van der Waals surface area (Å²) in [5.74, 6) is -0.241. The van der Waals surface area contributed by atoms with Crippen LogP contribution in [0.25, 0.3) is 0 Å². The van der Waals surface area contributed by atoms with E-state index in [1.165, 1.54) is 6.07 Å². The van der Waals surface area contributed by atoms with Crippen LogP contribution in [0.1, 0.15) is 18.1 Å². The molecular weight excluding hydrogens is 269 g/mol. The maximum atomic E-state index is 13.9. The number of nitrogens with one attached hydrogen (secondary N) is 1. The molecule has 0 heterocycles. The van der Waals surface area contributed by atoms with Crippen LogP contribution in [0.15, 0.2) is 48.5 Å². The van der Waals surface area contributed by atoms with Crippen molar-refractivity contribution >= 4 is 0 Å². The number of rotatable bonds is 6. The predicted octanol–water partition coefficient (Wildman–Crippen LogP) is 2.83. The largest absolute Gasteiger partial charge is 0.487 e. The monoisotopic (exact) mass is 289 g/mol. The highest BCUT2D eigenvalue weighted by Gasteiger charge is 2.25. The quantitative estimate of drug-likeness (QED) is 0.859. The summed E-state index contributed by atoms with van der Waals surface area (Å²) in [6.07, 6.45) is 0. The summed E-state index contributed by atoms with van der Waals surface area (Å²) in [5, 5.41) is 13.5.